The quantitative estimate of drug-likeness (QED) is 0.309. The molecule has 3 saturated heterocycles. The van der Waals surface area contributed by atoms with Gasteiger partial charge in [-0.1, -0.05) is 20.8 Å². The van der Waals surface area contributed by atoms with Crippen LogP contribution in [0.5, 0.6) is 0 Å². The van der Waals surface area contributed by atoms with Crippen molar-refractivity contribution in [1.29, 1.82) is 0 Å². The fourth-order valence-corrected chi connectivity index (χ4v) is 5.06. The molecular weight excluding hydrogens is 491 g/mol. The molecule has 0 aromatic carbocycles. The van der Waals surface area contributed by atoms with E-state index in [9.17, 15) is 0 Å². The summed E-state index contributed by atoms with van der Waals surface area (Å²) in [6.07, 6.45) is 6.28. The van der Waals surface area contributed by atoms with Crippen molar-refractivity contribution in [2.75, 3.05) is 52.5 Å². The number of halogens is 1. The number of rotatable bonds is 6. The minimum absolute atomic E-state index is 0. The predicted molar refractivity (Wildman–Crippen MR) is 135 cm³/mol. The molecule has 0 radical (unpaired) electrons. The van der Waals surface area contributed by atoms with Gasteiger partial charge in [0.25, 0.3) is 0 Å². The predicted octanol–water partition coefficient (Wildman–Crippen LogP) is 3.50. The average molecular weight is 537 g/mol. The van der Waals surface area contributed by atoms with Crippen molar-refractivity contribution in [2.24, 2.45) is 22.2 Å². The number of nitrogens with one attached hydrogen (secondary N) is 2. The van der Waals surface area contributed by atoms with Crippen LogP contribution in [0.2, 0.25) is 0 Å². The lowest BCUT2D eigenvalue weighted by molar-refractivity contribution is -0.0823. The van der Waals surface area contributed by atoms with Crippen LogP contribution in [-0.4, -0.2) is 75.5 Å². The first-order chi connectivity index (χ1) is 14.0. The molecule has 3 heterocycles. The second-order valence-corrected chi connectivity index (χ2v) is 10.2. The third kappa shape index (κ3) is 8.10. The zero-order chi connectivity index (χ0) is 20.7. The maximum atomic E-state index is 6.14. The van der Waals surface area contributed by atoms with Gasteiger partial charge in [0.1, 0.15) is 0 Å². The number of nitrogens with zero attached hydrogens (tertiary/aromatic N) is 2. The minimum atomic E-state index is 0. The highest BCUT2D eigenvalue weighted by atomic mass is 127. The minimum Gasteiger partial charge on any atom is -0.381 e. The molecule has 0 aliphatic carbocycles. The Bertz CT molecular complexity index is 512. The molecule has 0 amide bonds. The smallest absolute Gasteiger partial charge is 0.191 e. The standard InChI is InChI=1S/C23H44N4O2.HI/c1-5-24-22(25-15-19-7-6-13-29-21(19)23(2,3)4)26-20-8-11-27(12-9-20)16-18-10-14-28-17-18;/h18-21H,5-17H2,1-4H3,(H2,24,25,26);1H. The summed E-state index contributed by atoms with van der Waals surface area (Å²) in [7, 11) is 0. The highest BCUT2D eigenvalue weighted by Gasteiger charge is 2.35. The van der Waals surface area contributed by atoms with Crippen LogP contribution in [0, 0.1) is 17.3 Å². The summed E-state index contributed by atoms with van der Waals surface area (Å²) in [5.41, 5.74) is 0.170. The lowest BCUT2D eigenvalue weighted by Crippen LogP contribution is -2.49. The van der Waals surface area contributed by atoms with Crippen molar-refractivity contribution in [3.05, 3.63) is 0 Å². The van der Waals surface area contributed by atoms with Crippen LogP contribution >= 0.6 is 24.0 Å². The average Bonchev–Trinajstić information content (AvgIpc) is 3.20. The van der Waals surface area contributed by atoms with Crippen molar-refractivity contribution in [3.8, 4) is 0 Å². The van der Waals surface area contributed by atoms with Crippen molar-refractivity contribution in [2.45, 2.75) is 71.9 Å². The number of hydrogen-bond donors (Lipinski definition) is 2. The number of hydrogen-bond acceptors (Lipinski definition) is 4. The van der Waals surface area contributed by atoms with E-state index in [1.54, 1.807) is 0 Å². The van der Waals surface area contributed by atoms with Crippen LogP contribution in [-0.2, 0) is 9.47 Å². The Labute approximate surface area is 201 Å². The van der Waals surface area contributed by atoms with Crippen LogP contribution in [0.4, 0.5) is 0 Å². The van der Waals surface area contributed by atoms with Gasteiger partial charge >= 0.3 is 0 Å². The summed E-state index contributed by atoms with van der Waals surface area (Å²) in [4.78, 5) is 7.60. The highest BCUT2D eigenvalue weighted by molar-refractivity contribution is 14.0. The zero-order valence-electron chi connectivity index (χ0n) is 19.6. The lowest BCUT2D eigenvalue weighted by Gasteiger charge is -2.39. The van der Waals surface area contributed by atoms with Crippen LogP contribution in [0.1, 0.15) is 59.8 Å². The molecule has 0 aromatic rings. The molecule has 3 atom stereocenters. The van der Waals surface area contributed by atoms with Crippen LogP contribution in [0.15, 0.2) is 4.99 Å². The monoisotopic (exact) mass is 536 g/mol. The first-order valence-corrected chi connectivity index (χ1v) is 11.9. The molecule has 0 spiro atoms. The van der Waals surface area contributed by atoms with E-state index in [0.29, 0.717) is 18.1 Å². The molecule has 6 nitrogen and oxygen atoms in total. The summed E-state index contributed by atoms with van der Waals surface area (Å²) >= 11 is 0. The van der Waals surface area contributed by atoms with E-state index in [-0.39, 0.29) is 29.4 Å². The summed E-state index contributed by atoms with van der Waals surface area (Å²) < 4.78 is 11.7. The van der Waals surface area contributed by atoms with Crippen molar-refractivity contribution in [1.82, 2.24) is 15.5 Å². The first-order valence-electron chi connectivity index (χ1n) is 11.9. The Morgan fingerprint density at radius 3 is 2.50 bits per heavy atom. The zero-order valence-corrected chi connectivity index (χ0v) is 22.0. The molecule has 3 fully saturated rings. The molecule has 176 valence electrons. The maximum absolute atomic E-state index is 6.14. The number of ether oxygens (including phenoxy) is 2. The Balaban J connectivity index is 0.00000320. The lowest BCUT2D eigenvalue weighted by atomic mass is 9.78. The van der Waals surface area contributed by atoms with E-state index in [2.05, 4.69) is 43.2 Å². The van der Waals surface area contributed by atoms with Gasteiger partial charge in [-0.15, -0.1) is 24.0 Å². The molecule has 3 rings (SSSR count). The molecular formula is C23H45IN4O2. The van der Waals surface area contributed by atoms with Gasteiger partial charge in [0.2, 0.25) is 0 Å². The van der Waals surface area contributed by atoms with E-state index in [0.717, 1.165) is 51.2 Å². The van der Waals surface area contributed by atoms with E-state index in [4.69, 9.17) is 14.5 Å². The summed E-state index contributed by atoms with van der Waals surface area (Å²) in [6.45, 7) is 17.1. The Morgan fingerprint density at radius 1 is 1.10 bits per heavy atom. The molecule has 3 aliphatic rings. The number of piperidine rings is 1. The van der Waals surface area contributed by atoms with Crippen molar-refractivity contribution < 1.29 is 9.47 Å². The van der Waals surface area contributed by atoms with Crippen LogP contribution in [0.25, 0.3) is 0 Å². The molecule has 0 saturated carbocycles. The number of aliphatic imine (C=N–C) groups is 1. The van der Waals surface area contributed by atoms with Gasteiger partial charge in [0.15, 0.2) is 5.96 Å². The van der Waals surface area contributed by atoms with E-state index in [1.165, 1.54) is 45.3 Å². The van der Waals surface area contributed by atoms with Gasteiger partial charge in [0, 0.05) is 57.9 Å². The van der Waals surface area contributed by atoms with Gasteiger partial charge in [-0.3, -0.25) is 4.99 Å². The summed E-state index contributed by atoms with van der Waals surface area (Å²) in [5.74, 6) is 2.23. The molecule has 3 aliphatic heterocycles. The largest absolute Gasteiger partial charge is 0.381 e. The molecule has 2 N–H and O–H groups in total. The molecule has 30 heavy (non-hydrogen) atoms. The van der Waals surface area contributed by atoms with Crippen molar-refractivity contribution >= 4 is 29.9 Å². The van der Waals surface area contributed by atoms with Crippen molar-refractivity contribution in [3.63, 3.8) is 0 Å². The molecule has 7 heteroatoms. The summed E-state index contributed by atoms with van der Waals surface area (Å²) in [5, 5.41) is 7.17. The van der Waals surface area contributed by atoms with E-state index < -0.39 is 0 Å². The van der Waals surface area contributed by atoms with Gasteiger partial charge < -0.3 is 25.0 Å². The third-order valence-electron chi connectivity index (χ3n) is 6.60. The van der Waals surface area contributed by atoms with Gasteiger partial charge in [0.05, 0.1) is 12.7 Å². The third-order valence-corrected chi connectivity index (χ3v) is 6.60. The molecule has 0 aromatic heterocycles. The molecule has 3 unspecified atom stereocenters. The second kappa shape index (κ2) is 12.8. The van der Waals surface area contributed by atoms with Gasteiger partial charge in [-0.05, 0) is 50.4 Å². The molecule has 0 bridgehead atoms. The topological polar surface area (TPSA) is 58.1 Å². The fourth-order valence-electron chi connectivity index (χ4n) is 5.06. The Morgan fingerprint density at radius 2 is 1.87 bits per heavy atom. The first kappa shape index (κ1) is 26.1. The highest BCUT2D eigenvalue weighted by Crippen LogP contribution is 2.34. The van der Waals surface area contributed by atoms with Gasteiger partial charge in [-0.2, -0.15) is 0 Å². The SMILES string of the molecule is CCNC(=NCC1CCCOC1C(C)(C)C)NC1CCN(CC2CCOC2)CC1.I. The van der Waals surface area contributed by atoms with E-state index >= 15 is 0 Å². The number of likely N-dealkylation sites (tertiary alicyclic amines) is 1. The number of guanidine groups is 1. The van der Waals surface area contributed by atoms with Crippen LogP contribution in [0.3, 0.4) is 0 Å². The Kier molecular flexibility index (Phi) is 11.1. The fraction of sp³-hybridized carbons (Fsp3) is 0.957. The normalized spacial score (nSPS) is 29.5. The van der Waals surface area contributed by atoms with E-state index in [1.807, 2.05) is 0 Å². The van der Waals surface area contributed by atoms with Gasteiger partial charge in [-0.25, -0.2) is 0 Å². The Hall–Kier alpha value is -0.120. The van der Waals surface area contributed by atoms with Crippen LogP contribution < -0.4 is 10.6 Å². The maximum Gasteiger partial charge on any atom is 0.191 e. The summed E-state index contributed by atoms with van der Waals surface area (Å²) in [6, 6.07) is 0.518. The second-order valence-electron chi connectivity index (χ2n) is 10.2.